The number of benzene rings is 1. The van der Waals surface area contributed by atoms with E-state index in [0.29, 0.717) is 11.5 Å². The minimum Gasteiger partial charge on any atom is -0.355 e. The highest BCUT2D eigenvalue weighted by Crippen LogP contribution is 2.40. The van der Waals surface area contributed by atoms with Crippen molar-refractivity contribution in [3.8, 4) is 5.69 Å². The molecule has 2 fully saturated rings. The molecule has 1 amide bonds. The number of nitrogens with one attached hydrogen (secondary N) is 2. The molecule has 3 heterocycles. The zero-order valence-electron chi connectivity index (χ0n) is 15.5. The van der Waals surface area contributed by atoms with Crippen molar-refractivity contribution in [1.29, 1.82) is 0 Å². The predicted molar refractivity (Wildman–Crippen MR) is 102 cm³/mol. The van der Waals surface area contributed by atoms with Gasteiger partial charge in [-0.2, -0.15) is 5.10 Å². The summed E-state index contributed by atoms with van der Waals surface area (Å²) in [6.45, 7) is 1.79. The third kappa shape index (κ3) is 3.47. The van der Waals surface area contributed by atoms with E-state index in [1.54, 1.807) is 12.1 Å². The van der Waals surface area contributed by atoms with Crippen LogP contribution >= 0.6 is 0 Å². The van der Waals surface area contributed by atoms with Crippen LogP contribution in [-0.2, 0) is 0 Å². The minimum absolute atomic E-state index is 0.0656. The number of carbonyl (C=O) groups excluding carboxylic acids is 1. The van der Waals surface area contributed by atoms with Gasteiger partial charge in [0.1, 0.15) is 6.33 Å². The smallest absolute Gasteiger partial charge is 0.251 e. The fourth-order valence-corrected chi connectivity index (χ4v) is 3.68. The Balaban J connectivity index is 1.18. The highest BCUT2D eigenvalue weighted by atomic mass is 16.1. The van der Waals surface area contributed by atoms with Gasteiger partial charge in [0.15, 0.2) is 5.82 Å². The van der Waals surface area contributed by atoms with Crippen LogP contribution in [-0.4, -0.2) is 55.4 Å². The monoisotopic (exact) mass is 378 g/mol. The molecule has 0 radical (unpaired) electrons. The molecule has 2 aromatic heterocycles. The van der Waals surface area contributed by atoms with E-state index in [1.807, 2.05) is 12.1 Å². The van der Waals surface area contributed by atoms with Crippen LogP contribution < -0.4 is 10.2 Å². The first-order valence-electron chi connectivity index (χ1n) is 9.71. The Morgan fingerprint density at radius 1 is 1.14 bits per heavy atom. The highest BCUT2D eigenvalue weighted by Gasteiger charge is 2.27. The highest BCUT2D eigenvalue weighted by molar-refractivity contribution is 5.94. The second kappa shape index (κ2) is 7.06. The summed E-state index contributed by atoms with van der Waals surface area (Å²) in [6, 6.07) is 9.66. The van der Waals surface area contributed by atoms with Gasteiger partial charge in [-0.25, -0.2) is 4.68 Å². The van der Waals surface area contributed by atoms with E-state index in [-0.39, 0.29) is 11.9 Å². The lowest BCUT2D eigenvalue weighted by molar-refractivity contribution is 0.0931. The Bertz CT molecular complexity index is 954. The summed E-state index contributed by atoms with van der Waals surface area (Å²) in [5, 5.41) is 21.9. The topological polar surface area (TPSA) is 105 Å². The molecule has 0 bridgehead atoms. The first-order chi connectivity index (χ1) is 13.8. The number of H-pyrrole nitrogens is 1. The number of aromatic nitrogens is 6. The number of carbonyl (C=O) groups is 1. The van der Waals surface area contributed by atoms with Crippen LogP contribution in [0.4, 0.5) is 5.82 Å². The molecule has 3 aromatic rings. The first-order valence-corrected chi connectivity index (χ1v) is 9.71. The molecule has 1 saturated carbocycles. The van der Waals surface area contributed by atoms with E-state index in [4.69, 9.17) is 0 Å². The number of amides is 1. The fourth-order valence-electron chi connectivity index (χ4n) is 3.68. The number of tetrazole rings is 1. The van der Waals surface area contributed by atoms with Gasteiger partial charge in [0, 0.05) is 42.4 Å². The van der Waals surface area contributed by atoms with E-state index in [1.165, 1.54) is 29.5 Å². The fraction of sp³-hybridized carbons (Fsp3) is 0.421. The molecule has 144 valence electrons. The number of piperidine rings is 1. The van der Waals surface area contributed by atoms with Crippen LogP contribution in [0.15, 0.2) is 36.7 Å². The number of anilines is 1. The molecule has 0 spiro atoms. The van der Waals surface area contributed by atoms with Gasteiger partial charge in [0.25, 0.3) is 5.91 Å². The molecule has 1 aromatic carbocycles. The molecule has 9 heteroatoms. The van der Waals surface area contributed by atoms with E-state index >= 15 is 0 Å². The zero-order chi connectivity index (χ0) is 18.9. The maximum absolute atomic E-state index is 12.7. The standard InChI is InChI=1S/C19H22N8O/c28-19(14-2-1-3-16(10-14)27-12-20-24-25-27)21-15-6-8-26(9-7-15)18-11-17(22-23-18)13-4-5-13/h1-3,10-13,15H,4-9H2,(H,21,28)(H,22,23). The van der Waals surface area contributed by atoms with Gasteiger partial charge in [-0.15, -0.1) is 5.10 Å². The first kappa shape index (κ1) is 16.9. The minimum atomic E-state index is -0.0656. The van der Waals surface area contributed by atoms with E-state index < -0.39 is 0 Å². The lowest BCUT2D eigenvalue weighted by atomic mass is 10.0. The molecule has 2 aliphatic rings. The van der Waals surface area contributed by atoms with Crippen LogP contribution in [0.3, 0.4) is 0 Å². The molecule has 5 rings (SSSR count). The lowest BCUT2D eigenvalue weighted by Crippen LogP contribution is -2.44. The van der Waals surface area contributed by atoms with E-state index in [9.17, 15) is 4.79 Å². The van der Waals surface area contributed by atoms with Crippen LogP contribution in [0, 0.1) is 0 Å². The third-order valence-electron chi connectivity index (χ3n) is 5.48. The van der Waals surface area contributed by atoms with Crippen molar-refractivity contribution < 1.29 is 4.79 Å². The van der Waals surface area contributed by atoms with Crippen molar-refractivity contribution >= 4 is 11.7 Å². The van der Waals surface area contributed by atoms with E-state index in [0.717, 1.165) is 37.4 Å². The molecule has 1 aliphatic carbocycles. The number of rotatable bonds is 5. The summed E-state index contributed by atoms with van der Waals surface area (Å²) in [6.07, 6.45) is 5.86. The molecule has 0 unspecified atom stereocenters. The number of nitrogens with zero attached hydrogens (tertiary/aromatic N) is 6. The quantitative estimate of drug-likeness (QED) is 0.700. The molecular weight excluding hydrogens is 356 g/mol. The van der Waals surface area contributed by atoms with Crippen molar-refractivity contribution in [3.05, 3.63) is 47.9 Å². The Morgan fingerprint density at radius 3 is 2.75 bits per heavy atom. The zero-order valence-corrected chi connectivity index (χ0v) is 15.5. The summed E-state index contributed by atoms with van der Waals surface area (Å²) in [7, 11) is 0. The molecule has 2 N–H and O–H groups in total. The SMILES string of the molecule is O=C(NC1CCN(c2cc(C3CC3)[nH]n2)CC1)c1cccc(-n2cnnn2)c1. The second-order valence-electron chi connectivity index (χ2n) is 7.50. The Kier molecular flexibility index (Phi) is 4.27. The molecular formula is C19H22N8O. The average Bonchev–Trinajstić information content (AvgIpc) is 3.22. The third-order valence-corrected chi connectivity index (χ3v) is 5.48. The number of aromatic amines is 1. The normalized spacial score (nSPS) is 17.6. The maximum Gasteiger partial charge on any atom is 0.251 e. The van der Waals surface area contributed by atoms with Crippen LogP contribution in [0.5, 0.6) is 0 Å². The van der Waals surface area contributed by atoms with Crippen LogP contribution in [0.1, 0.15) is 47.7 Å². The van der Waals surface area contributed by atoms with Crippen LogP contribution in [0.25, 0.3) is 5.69 Å². The van der Waals surface area contributed by atoms with Crippen LogP contribution in [0.2, 0.25) is 0 Å². The Hall–Kier alpha value is -3.23. The van der Waals surface area contributed by atoms with Crippen molar-refractivity contribution in [1.82, 2.24) is 35.7 Å². The predicted octanol–water partition coefficient (Wildman–Crippen LogP) is 1.66. The van der Waals surface area contributed by atoms with E-state index in [2.05, 4.69) is 42.0 Å². The van der Waals surface area contributed by atoms with Gasteiger partial charge in [0.2, 0.25) is 0 Å². The molecule has 0 atom stereocenters. The molecule has 1 aliphatic heterocycles. The summed E-state index contributed by atoms with van der Waals surface area (Å²) in [5.41, 5.74) is 2.63. The van der Waals surface area contributed by atoms with Gasteiger partial charge in [-0.1, -0.05) is 6.07 Å². The van der Waals surface area contributed by atoms with Gasteiger partial charge < -0.3 is 10.2 Å². The largest absolute Gasteiger partial charge is 0.355 e. The summed E-state index contributed by atoms with van der Waals surface area (Å²) in [5.74, 6) is 1.65. The molecule has 9 nitrogen and oxygen atoms in total. The molecule has 28 heavy (non-hydrogen) atoms. The molecule has 1 saturated heterocycles. The Morgan fingerprint density at radius 2 is 2.00 bits per heavy atom. The summed E-state index contributed by atoms with van der Waals surface area (Å²) >= 11 is 0. The maximum atomic E-state index is 12.7. The lowest BCUT2D eigenvalue weighted by Gasteiger charge is -2.32. The van der Waals surface area contributed by atoms with Gasteiger partial charge >= 0.3 is 0 Å². The second-order valence-corrected chi connectivity index (χ2v) is 7.50. The number of hydrogen-bond donors (Lipinski definition) is 2. The van der Waals surface area contributed by atoms with Crippen molar-refractivity contribution in [2.24, 2.45) is 0 Å². The van der Waals surface area contributed by atoms with Gasteiger partial charge in [0.05, 0.1) is 5.69 Å². The van der Waals surface area contributed by atoms with Crippen molar-refractivity contribution in [3.63, 3.8) is 0 Å². The van der Waals surface area contributed by atoms with Crippen molar-refractivity contribution in [2.75, 3.05) is 18.0 Å². The summed E-state index contributed by atoms with van der Waals surface area (Å²) in [4.78, 5) is 15.0. The summed E-state index contributed by atoms with van der Waals surface area (Å²) < 4.78 is 1.54. The van der Waals surface area contributed by atoms with Gasteiger partial charge in [-0.3, -0.25) is 9.89 Å². The number of hydrogen-bond acceptors (Lipinski definition) is 6. The average molecular weight is 378 g/mol. The van der Waals surface area contributed by atoms with Crippen molar-refractivity contribution in [2.45, 2.75) is 37.6 Å². The van der Waals surface area contributed by atoms with Gasteiger partial charge in [-0.05, 0) is 54.3 Å². The Labute approximate surface area is 162 Å².